The molecule has 2 heterocycles. The number of rotatable bonds is 4. The largest absolute Gasteiger partial charge is 0.504 e. The molecule has 2 N–H and O–H groups in total. The molecule has 7 heteroatoms. The van der Waals surface area contributed by atoms with E-state index in [1.807, 2.05) is 50.2 Å². The van der Waals surface area contributed by atoms with Crippen LogP contribution in [0.3, 0.4) is 0 Å². The summed E-state index contributed by atoms with van der Waals surface area (Å²) in [6, 6.07) is 18.8. The van der Waals surface area contributed by atoms with Gasteiger partial charge in [0.05, 0.1) is 18.0 Å². The van der Waals surface area contributed by atoms with Crippen molar-refractivity contribution in [2.24, 2.45) is 5.10 Å². The number of para-hydroxylation sites is 1. The van der Waals surface area contributed by atoms with Crippen LogP contribution in [-0.2, 0) is 0 Å². The number of ether oxygens (including phenoxy) is 1. The van der Waals surface area contributed by atoms with Gasteiger partial charge in [0.1, 0.15) is 17.7 Å². The Hall–Kier alpha value is -4.39. The quantitative estimate of drug-likeness (QED) is 0.370. The molecular weight excluding hydrogens is 416 g/mol. The van der Waals surface area contributed by atoms with E-state index in [0.29, 0.717) is 28.3 Å². The number of nitrogens with one attached hydrogen (secondary N) is 1. The van der Waals surface area contributed by atoms with E-state index in [4.69, 9.17) is 14.3 Å². The number of hydrogen-bond donors (Lipinski definition) is 2. The van der Waals surface area contributed by atoms with Gasteiger partial charge in [-0.1, -0.05) is 18.2 Å². The third kappa shape index (κ3) is 3.85. The number of fused-ring (bicyclic) bond motifs is 2. The van der Waals surface area contributed by atoms with Gasteiger partial charge in [-0.3, -0.25) is 5.43 Å². The average Bonchev–Trinajstić information content (AvgIpc) is 2.82. The number of benzene rings is 3. The summed E-state index contributed by atoms with van der Waals surface area (Å²) in [5.41, 5.74) is 7.56. The minimum Gasteiger partial charge on any atom is -0.504 e. The maximum Gasteiger partial charge on any atom is 0.161 e. The molecule has 7 nitrogen and oxygen atoms in total. The molecule has 5 aromatic rings. The van der Waals surface area contributed by atoms with Crippen molar-refractivity contribution in [1.29, 1.82) is 0 Å². The van der Waals surface area contributed by atoms with Gasteiger partial charge in [-0.25, -0.2) is 9.97 Å². The minimum absolute atomic E-state index is 0.0657. The molecule has 5 rings (SSSR count). The van der Waals surface area contributed by atoms with Crippen molar-refractivity contribution >= 4 is 27.7 Å². The molecule has 2 aromatic heterocycles. The Morgan fingerprint density at radius 1 is 1.00 bits per heavy atom. The zero-order valence-corrected chi connectivity index (χ0v) is 18.5. The molecule has 0 radical (unpaired) electrons. The predicted octanol–water partition coefficient (Wildman–Crippen LogP) is 5.30. The lowest BCUT2D eigenvalue weighted by Crippen LogP contribution is -2.10. The number of methoxy groups -OCH3 is 1. The molecule has 33 heavy (non-hydrogen) atoms. The number of aryl methyl sites for hydroxylation is 2. The van der Waals surface area contributed by atoms with Crippen LogP contribution in [0.2, 0.25) is 0 Å². The first kappa shape index (κ1) is 20.5. The molecule has 0 fully saturated rings. The molecule has 164 valence electrons. The summed E-state index contributed by atoms with van der Waals surface area (Å²) in [6.07, 6.45) is 1.52. The van der Waals surface area contributed by atoms with Crippen molar-refractivity contribution in [1.82, 2.24) is 9.97 Å². The highest BCUT2D eigenvalue weighted by molar-refractivity contribution is 5.88. The van der Waals surface area contributed by atoms with Crippen LogP contribution < -0.4 is 15.5 Å². The molecule has 0 amide bonds. The second-order valence-corrected chi connectivity index (χ2v) is 7.80. The number of anilines is 1. The van der Waals surface area contributed by atoms with Crippen LogP contribution in [0.4, 0.5) is 5.82 Å². The topological polar surface area (TPSA) is 92.8 Å². The van der Waals surface area contributed by atoms with Crippen LogP contribution in [-0.4, -0.2) is 22.2 Å². The van der Waals surface area contributed by atoms with Crippen LogP contribution in [0.5, 0.6) is 11.5 Å². The Morgan fingerprint density at radius 3 is 2.70 bits per heavy atom. The molecule has 0 bridgehead atoms. The van der Waals surface area contributed by atoms with Crippen LogP contribution in [0, 0.1) is 13.8 Å². The molecule has 0 atom stereocenters. The van der Waals surface area contributed by atoms with E-state index in [-0.39, 0.29) is 5.75 Å². The van der Waals surface area contributed by atoms with Gasteiger partial charge in [-0.2, -0.15) is 5.10 Å². The van der Waals surface area contributed by atoms with Gasteiger partial charge in [0.25, 0.3) is 0 Å². The van der Waals surface area contributed by atoms with E-state index in [2.05, 4.69) is 21.5 Å². The summed E-state index contributed by atoms with van der Waals surface area (Å²) < 4.78 is 11.5. The third-order valence-corrected chi connectivity index (χ3v) is 5.48. The minimum atomic E-state index is 0.0657. The maximum absolute atomic E-state index is 9.98. The molecule has 0 aliphatic carbocycles. The second kappa shape index (κ2) is 8.27. The van der Waals surface area contributed by atoms with Gasteiger partial charge < -0.3 is 14.3 Å². The summed E-state index contributed by atoms with van der Waals surface area (Å²) in [7, 11) is 1.51. The van der Waals surface area contributed by atoms with Crippen LogP contribution in [0.15, 0.2) is 76.5 Å². The van der Waals surface area contributed by atoms with Crippen molar-refractivity contribution in [3.05, 3.63) is 83.5 Å². The molecule has 3 aromatic carbocycles. The van der Waals surface area contributed by atoms with Gasteiger partial charge in [0, 0.05) is 22.4 Å². The number of aromatic nitrogens is 2. The lowest BCUT2D eigenvalue weighted by molar-refractivity contribution is 0.373. The van der Waals surface area contributed by atoms with E-state index >= 15 is 0 Å². The smallest absolute Gasteiger partial charge is 0.161 e. The standard InChI is InChI=1S/C26H22N4O3/c1-15-10-16(2)25-20(29-30-26-18-6-4-5-7-19(18)27-14-28-26)13-22(33-24(25)11-15)17-8-9-21(31)23(12-17)32-3/h4-14,31H,1-3H3,(H,27,28,30)/b29-20+. The summed E-state index contributed by atoms with van der Waals surface area (Å²) in [5, 5.41) is 17.2. The van der Waals surface area contributed by atoms with Crippen molar-refractivity contribution in [2.45, 2.75) is 13.8 Å². The summed E-state index contributed by atoms with van der Waals surface area (Å²) in [6.45, 7) is 4.06. The third-order valence-electron chi connectivity index (χ3n) is 5.48. The first-order valence-electron chi connectivity index (χ1n) is 10.5. The average molecular weight is 438 g/mol. The fourth-order valence-corrected chi connectivity index (χ4v) is 3.95. The molecule has 0 aliphatic rings. The Morgan fingerprint density at radius 2 is 1.85 bits per heavy atom. The molecular formula is C26H22N4O3. The number of phenols is 1. The second-order valence-electron chi connectivity index (χ2n) is 7.80. The number of hydrogen-bond acceptors (Lipinski definition) is 7. The van der Waals surface area contributed by atoms with Gasteiger partial charge in [-0.15, -0.1) is 0 Å². The summed E-state index contributed by atoms with van der Waals surface area (Å²) >= 11 is 0. The zero-order chi connectivity index (χ0) is 22.9. The highest BCUT2D eigenvalue weighted by atomic mass is 16.5. The monoisotopic (exact) mass is 438 g/mol. The van der Waals surface area contributed by atoms with Gasteiger partial charge in [0.15, 0.2) is 17.3 Å². The number of phenolic OH excluding ortho intramolecular Hbond substituents is 1. The van der Waals surface area contributed by atoms with Crippen LogP contribution in [0.25, 0.3) is 33.2 Å². The first-order chi connectivity index (χ1) is 16.0. The van der Waals surface area contributed by atoms with E-state index in [1.54, 1.807) is 18.2 Å². The fraction of sp³-hybridized carbons (Fsp3) is 0.115. The highest BCUT2D eigenvalue weighted by Crippen LogP contribution is 2.32. The Balaban J connectivity index is 1.71. The van der Waals surface area contributed by atoms with E-state index in [1.165, 1.54) is 13.4 Å². The molecule has 0 saturated heterocycles. The van der Waals surface area contributed by atoms with E-state index in [9.17, 15) is 5.11 Å². The normalized spacial score (nSPS) is 11.8. The van der Waals surface area contributed by atoms with Crippen molar-refractivity contribution < 1.29 is 14.3 Å². The van der Waals surface area contributed by atoms with Crippen LogP contribution >= 0.6 is 0 Å². The van der Waals surface area contributed by atoms with Crippen molar-refractivity contribution in [2.75, 3.05) is 12.5 Å². The highest BCUT2D eigenvalue weighted by Gasteiger charge is 2.12. The Kier molecular flexibility index (Phi) is 5.14. The molecule has 0 aliphatic heterocycles. The maximum atomic E-state index is 9.98. The lowest BCUT2D eigenvalue weighted by Gasteiger charge is -2.10. The number of aromatic hydroxyl groups is 1. The summed E-state index contributed by atoms with van der Waals surface area (Å²) in [5.74, 6) is 1.65. The zero-order valence-electron chi connectivity index (χ0n) is 18.5. The van der Waals surface area contributed by atoms with E-state index < -0.39 is 0 Å². The van der Waals surface area contributed by atoms with Crippen LogP contribution in [0.1, 0.15) is 11.1 Å². The molecule has 0 spiro atoms. The lowest BCUT2D eigenvalue weighted by atomic mass is 10.0. The summed E-state index contributed by atoms with van der Waals surface area (Å²) in [4.78, 5) is 8.68. The first-order valence-corrected chi connectivity index (χ1v) is 10.5. The van der Waals surface area contributed by atoms with Gasteiger partial charge in [-0.05, 0) is 61.4 Å². The van der Waals surface area contributed by atoms with Gasteiger partial charge >= 0.3 is 0 Å². The molecule has 0 saturated carbocycles. The molecule has 0 unspecified atom stereocenters. The van der Waals surface area contributed by atoms with E-state index in [0.717, 1.165) is 33.0 Å². The van der Waals surface area contributed by atoms with Crippen molar-refractivity contribution in [3.8, 4) is 22.8 Å². The Bertz CT molecular complexity index is 1570. The number of nitrogens with zero attached hydrogens (tertiary/aromatic N) is 3. The van der Waals surface area contributed by atoms with Gasteiger partial charge in [0.2, 0.25) is 0 Å². The van der Waals surface area contributed by atoms with Crippen molar-refractivity contribution in [3.63, 3.8) is 0 Å². The SMILES string of the molecule is COc1cc(-c2c/c(=N\Nc3ncnc4ccccc34)c3c(C)cc(C)cc3o2)ccc1O. The predicted molar refractivity (Wildman–Crippen MR) is 128 cm³/mol. The fourth-order valence-electron chi connectivity index (χ4n) is 3.95. The Labute approximate surface area is 190 Å².